The number of hydrogen-bond donors (Lipinski definition) is 4. The minimum atomic E-state index is -2.97. The normalized spacial score (nSPS) is 20.0. The monoisotopic (exact) mass is 445 g/mol. The molecule has 168 valence electrons. The van der Waals surface area contributed by atoms with Crippen LogP contribution in [-0.2, 0) is 0 Å². The Balaban J connectivity index is 1.59. The Bertz CT molecular complexity index is 1120. The summed E-state index contributed by atoms with van der Waals surface area (Å²) in [5.74, 6) is -3.79. The number of aromatic nitrogens is 3. The van der Waals surface area contributed by atoms with Gasteiger partial charge >= 0.3 is 0 Å². The number of halogens is 3. The molecule has 0 radical (unpaired) electrons. The van der Waals surface area contributed by atoms with Gasteiger partial charge in [0.15, 0.2) is 11.5 Å². The Hall–Kier alpha value is -3.60. The summed E-state index contributed by atoms with van der Waals surface area (Å²) in [7, 11) is 0. The molecule has 1 fully saturated rings. The average molecular weight is 445 g/mol. The predicted molar refractivity (Wildman–Crippen MR) is 114 cm³/mol. The van der Waals surface area contributed by atoms with Crippen LogP contribution in [0.25, 0.3) is 5.69 Å². The Morgan fingerprint density at radius 1 is 1.22 bits per heavy atom. The number of hydrogen-bond acceptors (Lipinski definition) is 6. The van der Waals surface area contributed by atoms with Crippen LogP contribution < -0.4 is 22.1 Å². The fourth-order valence-corrected chi connectivity index (χ4v) is 3.70. The second kappa shape index (κ2) is 8.50. The lowest BCUT2D eigenvalue weighted by Crippen LogP contribution is -2.54. The third kappa shape index (κ3) is 4.52. The third-order valence-corrected chi connectivity index (χ3v) is 5.32. The van der Waals surface area contributed by atoms with E-state index in [0.717, 1.165) is 0 Å². The Morgan fingerprint density at radius 2 is 1.97 bits per heavy atom. The van der Waals surface area contributed by atoms with Crippen LogP contribution in [0.3, 0.4) is 0 Å². The number of alkyl halides is 2. The molecule has 0 unspecified atom stereocenters. The largest absolute Gasteiger partial charge is 0.374 e. The molecule has 0 bridgehead atoms. The van der Waals surface area contributed by atoms with Crippen LogP contribution in [0.4, 0.5) is 30.4 Å². The van der Waals surface area contributed by atoms with Gasteiger partial charge in [-0.1, -0.05) is 0 Å². The van der Waals surface area contributed by atoms with Crippen LogP contribution in [0.2, 0.25) is 0 Å². The number of nitrogens with zero attached hydrogens (tertiary/aromatic N) is 3. The van der Waals surface area contributed by atoms with Gasteiger partial charge in [0.05, 0.1) is 23.3 Å². The van der Waals surface area contributed by atoms with E-state index in [1.54, 1.807) is 24.4 Å². The highest BCUT2D eigenvalue weighted by atomic mass is 19.3. The van der Waals surface area contributed by atoms with Gasteiger partial charge in [0.25, 0.3) is 11.8 Å². The second-order valence-electron chi connectivity index (χ2n) is 7.67. The van der Waals surface area contributed by atoms with Crippen LogP contribution in [0.5, 0.6) is 0 Å². The summed E-state index contributed by atoms with van der Waals surface area (Å²) in [5, 5.41) is 10.0. The van der Waals surface area contributed by atoms with Crippen molar-refractivity contribution in [2.45, 2.75) is 37.3 Å². The highest BCUT2D eigenvalue weighted by Crippen LogP contribution is 2.35. The standard InChI is InChI=1S/C21H22F3N7O/c22-12-3-5-14(6-4-12)31-9-7-17(30-31)29-16-10-13(11-27-18(16)20(26)32)28-19-15(25)2-1-8-21(19,23)24/h3-7,9-11,15,19,28H,1-2,8,25H2,(H2,26,32)(H,29,30)/t15-,19-/m0/s1. The van der Waals surface area contributed by atoms with Gasteiger partial charge in [0.2, 0.25) is 0 Å². The summed E-state index contributed by atoms with van der Waals surface area (Å²) in [6, 6.07) is 6.82. The van der Waals surface area contributed by atoms with Gasteiger partial charge in [-0.25, -0.2) is 22.8 Å². The first-order chi connectivity index (χ1) is 15.2. The van der Waals surface area contributed by atoms with E-state index >= 15 is 0 Å². The van der Waals surface area contributed by atoms with Crippen molar-refractivity contribution >= 4 is 23.1 Å². The lowest BCUT2D eigenvalue weighted by atomic mass is 9.87. The van der Waals surface area contributed by atoms with Crippen molar-refractivity contribution in [3.63, 3.8) is 0 Å². The molecule has 8 nitrogen and oxygen atoms in total. The molecule has 0 aliphatic heterocycles. The maximum absolute atomic E-state index is 14.4. The molecular formula is C21H22F3N7O. The van der Waals surface area contributed by atoms with Gasteiger partial charge in [-0.2, -0.15) is 5.10 Å². The van der Waals surface area contributed by atoms with Crippen LogP contribution in [0.1, 0.15) is 29.8 Å². The molecule has 0 spiro atoms. The van der Waals surface area contributed by atoms with Crippen LogP contribution in [0, 0.1) is 5.82 Å². The lowest BCUT2D eigenvalue weighted by molar-refractivity contribution is -0.0510. The number of benzene rings is 1. The summed E-state index contributed by atoms with van der Waals surface area (Å²) in [6.07, 6.45) is 3.48. The van der Waals surface area contributed by atoms with Gasteiger partial charge in [0.1, 0.15) is 11.9 Å². The molecule has 1 aromatic carbocycles. The quantitative estimate of drug-likeness (QED) is 0.462. The maximum atomic E-state index is 14.4. The van der Waals surface area contributed by atoms with Crippen molar-refractivity contribution in [2.24, 2.45) is 11.5 Å². The number of nitrogens with one attached hydrogen (secondary N) is 2. The maximum Gasteiger partial charge on any atom is 0.269 e. The molecule has 1 aliphatic carbocycles. The number of nitrogens with two attached hydrogens (primary N) is 2. The number of amides is 1. The number of pyridine rings is 1. The van der Waals surface area contributed by atoms with E-state index in [0.29, 0.717) is 24.3 Å². The Kier molecular flexibility index (Phi) is 5.74. The summed E-state index contributed by atoms with van der Waals surface area (Å²) in [4.78, 5) is 15.9. The summed E-state index contributed by atoms with van der Waals surface area (Å²) < 4.78 is 43.4. The number of carbonyl (C=O) groups is 1. The van der Waals surface area contributed by atoms with Crippen LogP contribution >= 0.6 is 0 Å². The van der Waals surface area contributed by atoms with Crippen molar-refractivity contribution < 1.29 is 18.0 Å². The number of carbonyl (C=O) groups excluding carboxylic acids is 1. The van der Waals surface area contributed by atoms with Crippen molar-refractivity contribution in [3.05, 3.63) is 60.3 Å². The predicted octanol–water partition coefficient (Wildman–Crippen LogP) is 3.18. The summed E-state index contributed by atoms with van der Waals surface area (Å²) in [5.41, 5.74) is 12.3. The topological polar surface area (TPSA) is 124 Å². The number of rotatable bonds is 6. The van der Waals surface area contributed by atoms with E-state index in [1.165, 1.54) is 29.1 Å². The Labute approximate surface area is 181 Å². The van der Waals surface area contributed by atoms with Crippen molar-refractivity contribution in [3.8, 4) is 5.69 Å². The molecule has 1 aliphatic rings. The zero-order valence-electron chi connectivity index (χ0n) is 16.9. The minimum Gasteiger partial charge on any atom is -0.374 e. The van der Waals surface area contributed by atoms with E-state index in [1.807, 2.05) is 0 Å². The molecule has 3 aromatic rings. The van der Waals surface area contributed by atoms with Crippen molar-refractivity contribution in [2.75, 3.05) is 10.6 Å². The molecular weight excluding hydrogens is 423 g/mol. The van der Waals surface area contributed by atoms with Crippen molar-refractivity contribution in [1.82, 2.24) is 14.8 Å². The smallest absolute Gasteiger partial charge is 0.269 e. The van der Waals surface area contributed by atoms with Gasteiger partial charge in [0, 0.05) is 24.7 Å². The molecule has 2 atom stereocenters. The van der Waals surface area contributed by atoms with E-state index in [4.69, 9.17) is 11.5 Å². The first-order valence-corrected chi connectivity index (χ1v) is 10.0. The lowest BCUT2D eigenvalue weighted by Gasteiger charge is -2.37. The summed E-state index contributed by atoms with van der Waals surface area (Å²) >= 11 is 0. The second-order valence-corrected chi connectivity index (χ2v) is 7.67. The van der Waals surface area contributed by atoms with E-state index in [9.17, 15) is 18.0 Å². The average Bonchev–Trinajstić information content (AvgIpc) is 3.19. The molecule has 4 rings (SSSR count). The molecule has 32 heavy (non-hydrogen) atoms. The highest BCUT2D eigenvalue weighted by Gasteiger charge is 2.45. The fraction of sp³-hybridized carbons (Fsp3) is 0.286. The molecule has 1 saturated carbocycles. The molecule has 6 N–H and O–H groups in total. The van der Waals surface area contributed by atoms with Gasteiger partial charge in [-0.3, -0.25) is 4.79 Å². The van der Waals surface area contributed by atoms with E-state index in [-0.39, 0.29) is 29.3 Å². The number of primary amides is 1. The first-order valence-electron chi connectivity index (χ1n) is 10.0. The van der Waals surface area contributed by atoms with Crippen molar-refractivity contribution in [1.29, 1.82) is 0 Å². The van der Waals surface area contributed by atoms with Gasteiger partial charge < -0.3 is 22.1 Å². The van der Waals surface area contributed by atoms with E-state index < -0.39 is 23.9 Å². The molecule has 0 saturated heterocycles. The molecule has 2 aromatic heterocycles. The van der Waals surface area contributed by atoms with Gasteiger partial charge in [-0.05, 0) is 43.2 Å². The third-order valence-electron chi connectivity index (χ3n) is 5.32. The number of anilines is 3. The minimum absolute atomic E-state index is 0.0772. The SMILES string of the molecule is NC(=O)c1ncc(N[C@H]2[C@@H](N)CCCC2(F)F)cc1Nc1ccn(-c2ccc(F)cc2)n1. The Morgan fingerprint density at radius 3 is 2.66 bits per heavy atom. The molecule has 2 heterocycles. The zero-order chi connectivity index (χ0) is 22.9. The zero-order valence-corrected chi connectivity index (χ0v) is 16.9. The van der Waals surface area contributed by atoms with Gasteiger partial charge in [-0.15, -0.1) is 0 Å². The fourth-order valence-electron chi connectivity index (χ4n) is 3.70. The molecule has 1 amide bonds. The highest BCUT2D eigenvalue weighted by molar-refractivity contribution is 5.97. The van der Waals surface area contributed by atoms with Crippen LogP contribution in [-0.4, -0.2) is 38.7 Å². The van der Waals surface area contributed by atoms with E-state index in [2.05, 4.69) is 20.7 Å². The first kappa shape index (κ1) is 21.6. The summed E-state index contributed by atoms with van der Waals surface area (Å²) in [6.45, 7) is 0. The van der Waals surface area contributed by atoms with Crippen LogP contribution in [0.15, 0.2) is 48.8 Å². The molecule has 11 heteroatoms.